The van der Waals surface area contributed by atoms with Crippen LogP contribution >= 0.6 is 39.9 Å². The summed E-state index contributed by atoms with van der Waals surface area (Å²) >= 11 is 10.9. The Kier molecular flexibility index (Phi) is 4.66. The lowest BCUT2D eigenvalue weighted by atomic mass is 10.1. The molecule has 2 rings (SSSR count). The van der Waals surface area contributed by atoms with E-state index in [-0.39, 0.29) is 0 Å². The van der Waals surface area contributed by atoms with E-state index in [1.807, 2.05) is 11.8 Å². The zero-order chi connectivity index (χ0) is 12.4. The fraction of sp³-hybridized carbons (Fsp3) is 0.667. The molecule has 1 fully saturated rings. The maximum Gasteiger partial charge on any atom is 0.144 e. The molecule has 0 bridgehead atoms. The van der Waals surface area contributed by atoms with Gasteiger partial charge < -0.3 is 4.98 Å². The second-order valence-electron chi connectivity index (χ2n) is 4.82. The van der Waals surface area contributed by atoms with Crippen LogP contribution < -0.4 is 0 Å². The largest absolute Gasteiger partial charge is 0.345 e. The van der Waals surface area contributed by atoms with Crippen LogP contribution in [0.2, 0.25) is 0 Å². The number of hydrogen-bond donors (Lipinski definition) is 1. The molecular weight excluding hydrogens is 316 g/mol. The van der Waals surface area contributed by atoms with Gasteiger partial charge in [0.25, 0.3) is 0 Å². The van der Waals surface area contributed by atoms with Crippen LogP contribution in [0, 0.1) is 10.6 Å². The summed E-state index contributed by atoms with van der Waals surface area (Å²) in [5.41, 5.74) is 1.20. The predicted octanol–water partition coefficient (Wildman–Crippen LogP) is 4.67. The Labute approximate surface area is 120 Å². The summed E-state index contributed by atoms with van der Waals surface area (Å²) in [5, 5.41) is 0.510. The van der Waals surface area contributed by atoms with E-state index in [1.165, 1.54) is 24.3 Å². The topological polar surface area (TPSA) is 28.7 Å². The van der Waals surface area contributed by atoms with Gasteiger partial charge in [0.1, 0.15) is 10.5 Å². The molecule has 2 heterocycles. The molecule has 1 aromatic rings. The Morgan fingerprint density at radius 2 is 2.35 bits per heavy atom. The van der Waals surface area contributed by atoms with Crippen molar-refractivity contribution in [1.82, 2.24) is 9.97 Å². The zero-order valence-electron chi connectivity index (χ0n) is 10.1. The Morgan fingerprint density at radius 3 is 2.94 bits per heavy atom. The third-order valence-electron chi connectivity index (χ3n) is 2.80. The second kappa shape index (κ2) is 5.85. The molecule has 0 aliphatic carbocycles. The van der Waals surface area contributed by atoms with Gasteiger partial charge in [-0.1, -0.05) is 26.1 Å². The Bertz CT molecular complexity index is 450. The highest BCUT2D eigenvalue weighted by molar-refractivity contribution is 9.10. The average molecular weight is 333 g/mol. The zero-order valence-corrected chi connectivity index (χ0v) is 13.3. The highest BCUT2D eigenvalue weighted by atomic mass is 79.9. The van der Waals surface area contributed by atoms with Crippen LogP contribution in [-0.4, -0.2) is 15.7 Å². The molecule has 2 nitrogen and oxygen atoms in total. The molecule has 0 saturated carbocycles. The third kappa shape index (κ3) is 3.32. The minimum Gasteiger partial charge on any atom is -0.345 e. The molecule has 1 aliphatic rings. The highest BCUT2D eigenvalue weighted by Gasteiger charge is 2.21. The van der Waals surface area contributed by atoms with E-state index < -0.39 is 0 Å². The van der Waals surface area contributed by atoms with Gasteiger partial charge in [0.2, 0.25) is 0 Å². The first-order valence-corrected chi connectivity index (χ1v) is 8.23. The van der Waals surface area contributed by atoms with Crippen LogP contribution in [0.25, 0.3) is 0 Å². The molecule has 0 aromatic carbocycles. The molecule has 17 heavy (non-hydrogen) atoms. The summed E-state index contributed by atoms with van der Waals surface area (Å²) in [7, 11) is 0. The van der Waals surface area contributed by atoms with Crippen LogP contribution in [0.1, 0.15) is 43.5 Å². The summed E-state index contributed by atoms with van der Waals surface area (Å²) in [6.45, 7) is 4.43. The first-order valence-electron chi connectivity index (χ1n) is 5.98. The molecule has 0 spiro atoms. The number of nitrogens with one attached hydrogen (secondary N) is 1. The van der Waals surface area contributed by atoms with Crippen molar-refractivity contribution in [2.24, 2.45) is 5.92 Å². The number of nitrogens with zero attached hydrogens (tertiary/aromatic N) is 1. The van der Waals surface area contributed by atoms with Crippen molar-refractivity contribution < 1.29 is 0 Å². The number of thioether (sulfide) groups is 1. The number of aromatic amines is 1. The van der Waals surface area contributed by atoms with E-state index in [1.54, 1.807) is 0 Å². The minimum absolute atomic E-state index is 0.510. The molecule has 0 amide bonds. The fourth-order valence-electron chi connectivity index (χ4n) is 2.02. The van der Waals surface area contributed by atoms with Crippen molar-refractivity contribution in [3.8, 4) is 0 Å². The molecule has 1 aliphatic heterocycles. The van der Waals surface area contributed by atoms with Gasteiger partial charge in [-0.3, -0.25) is 0 Å². The Balaban J connectivity index is 2.34. The molecule has 94 valence electrons. The summed E-state index contributed by atoms with van der Waals surface area (Å²) in [6.07, 6.45) is 3.51. The molecule has 0 radical (unpaired) electrons. The summed E-state index contributed by atoms with van der Waals surface area (Å²) in [5.74, 6) is 2.92. The first kappa shape index (κ1) is 13.6. The Morgan fingerprint density at radius 1 is 1.59 bits per heavy atom. The van der Waals surface area contributed by atoms with E-state index in [0.29, 0.717) is 15.8 Å². The number of hydrogen-bond acceptors (Lipinski definition) is 3. The molecule has 1 atom stereocenters. The predicted molar refractivity (Wildman–Crippen MR) is 80.1 cm³/mol. The van der Waals surface area contributed by atoms with Crippen LogP contribution in [-0.2, 0) is 6.42 Å². The van der Waals surface area contributed by atoms with Gasteiger partial charge in [-0.05, 0) is 46.9 Å². The quantitative estimate of drug-likeness (QED) is 0.815. The number of aromatic nitrogens is 2. The van der Waals surface area contributed by atoms with E-state index >= 15 is 0 Å². The maximum atomic E-state index is 5.33. The van der Waals surface area contributed by atoms with Crippen LogP contribution in [0.3, 0.4) is 0 Å². The Hall–Kier alpha value is 0.130. The highest BCUT2D eigenvalue weighted by Crippen LogP contribution is 2.38. The lowest BCUT2D eigenvalue weighted by Crippen LogP contribution is -2.06. The molecular formula is C12H17BrN2S2. The van der Waals surface area contributed by atoms with Crippen molar-refractivity contribution in [2.75, 3.05) is 5.75 Å². The molecule has 5 heteroatoms. The van der Waals surface area contributed by atoms with Gasteiger partial charge in [-0.25, -0.2) is 4.98 Å². The summed E-state index contributed by atoms with van der Waals surface area (Å²) in [6, 6.07) is 0. The van der Waals surface area contributed by atoms with Gasteiger partial charge in [0.15, 0.2) is 0 Å². The van der Waals surface area contributed by atoms with E-state index in [2.05, 4.69) is 39.7 Å². The molecule has 1 N–H and O–H groups in total. The standard InChI is InChI=1S/C12H17BrN2S2/c1-7(2)6-8-10(13)12(16)15-11(14-8)9-4-3-5-17-9/h7,9H,3-6H2,1-2H3,(H,14,15,16). The van der Waals surface area contributed by atoms with Gasteiger partial charge in [-0.15, -0.1) is 0 Å². The maximum absolute atomic E-state index is 5.33. The smallest absolute Gasteiger partial charge is 0.144 e. The fourth-order valence-corrected chi connectivity index (χ4v) is 3.81. The van der Waals surface area contributed by atoms with Gasteiger partial charge in [0.05, 0.1) is 9.72 Å². The number of rotatable bonds is 3. The number of H-pyrrole nitrogens is 1. The molecule has 1 aromatic heterocycles. The van der Waals surface area contributed by atoms with Gasteiger partial charge in [0, 0.05) is 5.69 Å². The number of halogens is 1. The first-order chi connectivity index (χ1) is 8.08. The van der Waals surface area contributed by atoms with Crippen LogP contribution in [0.4, 0.5) is 0 Å². The normalized spacial score (nSPS) is 20.1. The van der Waals surface area contributed by atoms with E-state index in [9.17, 15) is 0 Å². The van der Waals surface area contributed by atoms with Crippen LogP contribution in [0.5, 0.6) is 0 Å². The summed E-state index contributed by atoms with van der Waals surface area (Å²) < 4.78 is 1.66. The lowest BCUT2D eigenvalue weighted by molar-refractivity contribution is 0.624. The van der Waals surface area contributed by atoms with Gasteiger partial charge >= 0.3 is 0 Å². The average Bonchev–Trinajstić information content (AvgIpc) is 2.77. The van der Waals surface area contributed by atoms with E-state index in [4.69, 9.17) is 12.2 Å². The van der Waals surface area contributed by atoms with Crippen LogP contribution in [0.15, 0.2) is 4.47 Å². The van der Waals surface area contributed by atoms with Crippen molar-refractivity contribution >= 4 is 39.9 Å². The van der Waals surface area contributed by atoms with E-state index in [0.717, 1.165) is 16.7 Å². The van der Waals surface area contributed by atoms with Crippen molar-refractivity contribution in [3.63, 3.8) is 0 Å². The van der Waals surface area contributed by atoms with Gasteiger partial charge in [-0.2, -0.15) is 11.8 Å². The minimum atomic E-state index is 0.510. The van der Waals surface area contributed by atoms with Crippen molar-refractivity contribution in [1.29, 1.82) is 0 Å². The molecule has 1 unspecified atom stereocenters. The molecule has 1 saturated heterocycles. The monoisotopic (exact) mass is 332 g/mol. The summed E-state index contributed by atoms with van der Waals surface area (Å²) in [4.78, 5) is 8.00. The van der Waals surface area contributed by atoms with Crippen molar-refractivity contribution in [3.05, 3.63) is 20.6 Å². The second-order valence-corrected chi connectivity index (χ2v) is 7.31. The third-order valence-corrected chi connectivity index (χ3v) is 5.60. The van der Waals surface area contributed by atoms with Crippen molar-refractivity contribution in [2.45, 2.75) is 38.4 Å². The lowest BCUT2D eigenvalue weighted by Gasteiger charge is -2.13. The SMILES string of the molecule is CC(C)Cc1[nH]c(C2CCCS2)nc(=S)c1Br.